The molecule has 166 valence electrons. The normalized spacial score (nSPS) is 17.5. The molecule has 1 aromatic heterocycles. The van der Waals surface area contributed by atoms with Gasteiger partial charge in [0.2, 0.25) is 0 Å². The number of carbonyl (C=O) groups excluding carboxylic acids is 1. The number of nitrogens with zero attached hydrogens (tertiary/aromatic N) is 2. The molecule has 5 heteroatoms. The molecule has 1 amide bonds. The number of aryl methyl sites for hydroxylation is 1. The molecule has 0 unspecified atom stereocenters. The summed E-state index contributed by atoms with van der Waals surface area (Å²) < 4.78 is 5.55. The summed E-state index contributed by atoms with van der Waals surface area (Å²) in [5, 5.41) is 3.31. The molecule has 32 heavy (non-hydrogen) atoms. The van der Waals surface area contributed by atoms with E-state index in [0.717, 1.165) is 55.0 Å². The highest BCUT2D eigenvalue weighted by Gasteiger charge is 2.31. The van der Waals surface area contributed by atoms with Gasteiger partial charge in [0, 0.05) is 30.4 Å². The van der Waals surface area contributed by atoms with Gasteiger partial charge in [-0.3, -0.25) is 14.7 Å². The summed E-state index contributed by atoms with van der Waals surface area (Å²) in [6.45, 7) is 4.74. The Morgan fingerprint density at radius 2 is 1.91 bits per heavy atom. The summed E-state index contributed by atoms with van der Waals surface area (Å²) in [5.41, 5.74) is 3.80. The minimum Gasteiger partial charge on any atom is -0.496 e. The SMILES string of the molecule is COc1ccccc1CN1CCC[C@@H]([C@@H](NC(=O)c2ccccc2C)c2ccccn2)C1. The monoisotopic (exact) mass is 429 g/mol. The van der Waals surface area contributed by atoms with Gasteiger partial charge in [0.05, 0.1) is 18.8 Å². The number of nitrogens with one attached hydrogen (secondary N) is 1. The van der Waals surface area contributed by atoms with E-state index in [2.05, 4.69) is 27.3 Å². The van der Waals surface area contributed by atoms with E-state index in [4.69, 9.17) is 4.74 Å². The molecular formula is C27H31N3O2. The zero-order chi connectivity index (χ0) is 22.3. The fourth-order valence-electron chi connectivity index (χ4n) is 4.62. The maximum absolute atomic E-state index is 13.2. The lowest BCUT2D eigenvalue weighted by Gasteiger charge is -2.37. The lowest BCUT2D eigenvalue weighted by molar-refractivity contribution is 0.0874. The Kier molecular flexibility index (Phi) is 7.17. The van der Waals surface area contributed by atoms with Crippen LogP contribution in [-0.4, -0.2) is 36.0 Å². The molecule has 0 bridgehead atoms. The van der Waals surface area contributed by atoms with Crippen LogP contribution in [0.25, 0.3) is 0 Å². The van der Waals surface area contributed by atoms with Crippen LogP contribution in [0.1, 0.15) is 46.1 Å². The van der Waals surface area contributed by atoms with Gasteiger partial charge in [0.25, 0.3) is 5.91 Å². The number of carbonyl (C=O) groups is 1. The molecule has 0 saturated carbocycles. The standard InChI is InChI=1S/C27H31N3O2/c1-20-10-3-5-13-23(20)27(31)29-26(24-14-7-8-16-28-24)22-12-9-17-30(19-22)18-21-11-4-6-15-25(21)32-2/h3-8,10-11,13-16,22,26H,9,12,17-19H2,1-2H3,(H,29,31)/t22-,26-/m1/s1. The van der Waals surface area contributed by atoms with Gasteiger partial charge in [-0.15, -0.1) is 0 Å². The van der Waals surface area contributed by atoms with Crippen molar-refractivity contribution < 1.29 is 9.53 Å². The van der Waals surface area contributed by atoms with Crippen molar-refractivity contribution >= 4 is 5.91 Å². The molecule has 0 spiro atoms. The van der Waals surface area contributed by atoms with E-state index in [1.54, 1.807) is 13.3 Å². The number of piperidine rings is 1. The van der Waals surface area contributed by atoms with E-state index in [-0.39, 0.29) is 17.9 Å². The Hall–Kier alpha value is -3.18. The Bertz CT molecular complexity index is 1040. The quantitative estimate of drug-likeness (QED) is 0.587. The topological polar surface area (TPSA) is 54.5 Å². The fraction of sp³-hybridized carbons (Fsp3) is 0.333. The maximum atomic E-state index is 13.2. The number of pyridine rings is 1. The fourth-order valence-corrected chi connectivity index (χ4v) is 4.62. The minimum atomic E-state index is -0.135. The lowest BCUT2D eigenvalue weighted by Crippen LogP contribution is -2.43. The first-order chi connectivity index (χ1) is 15.7. The molecule has 3 aromatic rings. The van der Waals surface area contributed by atoms with Crippen LogP contribution in [0, 0.1) is 12.8 Å². The number of amides is 1. The molecule has 5 nitrogen and oxygen atoms in total. The zero-order valence-corrected chi connectivity index (χ0v) is 18.8. The summed E-state index contributed by atoms with van der Waals surface area (Å²) in [6.07, 6.45) is 3.94. The van der Waals surface area contributed by atoms with Crippen molar-refractivity contribution in [3.05, 3.63) is 95.3 Å². The smallest absolute Gasteiger partial charge is 0.252 e. The van der Waals surface area contributed by atoms with E-state index < -0.39 is 0 Å². The van der Waals surface area contributed by atoms with Gasteiger partial charge in [-0.25, -0.2) is 0 Å². The van der Waals surface area contributed by atoms with Crippen molar-refractivity contribution in [3.8, 4) is 5.75 Å². The van der Waals surface area contributed by atoms with Crippen molar-refractivity contribution in [1.82, 2.24) is 15.2 Å². The van der Waals surface area contributed by atoms with E-state index in [1.807, 2.05) is 61.5 Å². The zero-order valence-electron chi connectivity index (χ0n) is 18.8. The highest BCUT2D eigenvalue weighted by molar-refractivity contribution is 5.95. The third-order valence-corrected chi connectivity index (χ3v) is 6.28. The van der Waals surface area contributed by atoms with Crippen molar-refractivity contribution in [3.63, 3.8) is 0 Å². The molecular weight excluding hydrogens is 398 g/mol. The number of rotatable bonds is 7. The minimum absolute atomic E-state index is 0.0411. The van der Waals surface area contributed by atoms with E-state index in [1.165, 1.54) is 5.56 Å². The maximum Gasteiger partial charge on any atom is 0.252 e. The van der Waals surface area contributed by atoms with Crippen LogP contribution in [-0.2, 0) is 6.54 Å². The highest BCUT2D eigenvalue weighted by atomic mass is 16.5. The predicted octanol–water partition coefficient (Wildman–Crippen LogP) is 4.78. The van der Waals surface area contributed by atoms with E-state index in [9.17, 15) is 4.79 Å². The number of para-hydroxylation sites is 1. The average Bonchev–Trinajstić information content (AvgIpc) is 2.84. The van der Waals surface area contributed by atoms with Crippen LogP contribution in [0.3, 0.4) is 0 Å². The third-order valence-electron chi connectivity index (χ3n) is 6.28. The summed E-state index contributed by atoms with van der Waals surface area (Å²) in [6, 6.07) is 21.7. The van der Waals surface area contributed by atoms with Crippen molar-refractivity contribution in [1.29, 1.82) is 0 Å². The Balaban J connectivity index is 1.54. The van der Waals surface area contributed by atoms with Gasteiger partial charge in [-0.2, -0.15) is 0 Å². The summed E-state index contributed by atoms with van der Waals surface area (Å²) in [7, 11) is 1.72. The van der Waals surface area contributed by atoms with Crippen LogP contribution < -0.4 is 10.1 Å². The molecule has 0 aliphatic carbocycles. The summed E-state index contributed by atoms with van der Waals surface area (Å²) in [5.74, 6) is 1.16. The van der Waals surface area contributed by atoms with Crippen LogP contribution in [0.4, 0.5) is 0 Å². The van der Waals surface area contributed by atoms with Crippen molar-refractivity contribution in [2.75, 3.05) is 20.2 Å². The second-order valence-corrected chi connectivity index (χ2v) is 8.47. The summed E-state index contributed by atoms with van der Waals surface area (Å²) in [4.78, 5) is 20.2. The van der Waals surface area contributed by atoms with E-state index >= 15 is 0 Å². The largest absolute Gasteiger partial charge is 0.496 e. The first-order valence-electron chi connectivity index (χ1n) is 11.3. The molecule has 0 radical (unpaired) electrons. The number of likely N-dealkylation sites (tertiary alicyclic amines) is 1. The number of ether oxygens (including phenoxy) is 1. The molecule has 2 atom stereocenters. The molecule has 1 N–H and O–H groups in total. The predicted molar refractivity (Wildman–Crippen MR) is 127 cm³/mol. The second kappa shape index (κ2) is 10.4. The summed E-state index contributed by atoms with van der Waals surface area (Å²) >= 11 is 0. The molecule has 1 saturated heterocycles. The Morgan fingerprint density at radius 3 is 2.69 bits per heavy atom. The van der Waals surface area contributed by atoms with Gasteiger partial charge >= 0.3 is 0 Å². The first kappa shape index (κ1) is 22.0. The second-order valence-electron chi connectivity index (χ2n) is 8.47. The van der Waals surface area contributed by atoms with Gasteiger partial charge in [-0.05, 0) is 62.1 Å². The van der Waals surface area contributed by atoms with Crippen LogP contribution in [0.2, 0.25) is 0 Å². The third kappa shape index (κ3) is 5.17. The molecule has 4 rings (SSSR count). The van der Waals surface area contributed by atoms with Gasteiger partial charge in [-0.1, -0.05) is 42.5 Å². The number of hydrogen-bond donors (Lipinski definition) is 1. The van der Waals surface area contributed by atoms with Gasteiger partial charge < -0.3 is 10.1 Å². The Morgan fingerprint density at radius 1 is 1.12 bits per heavy atom. The molecule has 1 fully saturated rings. The Labute approximate surface area is 190 Å². The van der Waals surface area contributed by atoms with Gasteiger partial charge in [0.15, 0.2) is 0 Å². The molecule has 2 aromatic carbocycles. The van der Waals surface area contributed by atoms with Gasteiger partial charge in [0.1, 0.15) is 5.75 Å². The first-order valence-corrected chi connectivity index (χ1v) is 11.3. The van der Waals surface area contributed by atoms with Crippen LogP contribution in [0.5, 0.6) is 5.75 Å². The number of hydrogen-bond acceptors (Lipinski definition) is 4. The van der Waals surface area contributed by atoms with E-state index in [0.29, 0.717) is 0 Å². The lowest BCUT2D eigenvalue weighted by atomic mass is 9.87. The number of methoxy groups -OCH3 is 1. The van der Waals surface area contributed by atoms with Crippen LogP contribution >= 0.6 is 0 Å². The van der Waals surface area contributed by atoms with Crippen molar-refractivity contribution in [2.45, 2.75) is 32.4 Å². The molecule has 1 aliphatic heterocycles. The van der Waals surface area contributed by atoms with Crippen molar-refractivity contribution in [2.24, 2.45) is 5.92 Å². The molecule has 1 aliphatic rings. The number of benzene rings is 2. The molecule has 2 heterocycles. The highest BCUT2D eigenvalue weighted by Crippen LogP contribution is 2.31. The van der Waals surface area contributed by atoms with Crippen LogP contribution in [0.15, 0.2) is 72.9 Å². The average molecular weight is 430 g/mol. The number of aromatic nitrogens is 1.